The minimum Gasteiger partial charge on any atom is -0.338 e. The van der Waals surface area contributed by atoms with E-state index in [1.54, 1.807) is 12.4 Å². The lowest BCUT2D eigenvalue weighted by atomic mass is 9.98. The van der Waals surface area contributed by atoms with Crippen LogP contribution in [0.25, 0.3) is 11.0 Å². The van der Waals surface area contributed by atoms with Crippen molar-refractivity contribution in [3.63, 3.8) is 0 Å². The number of anilines is 1. The number of nitrogens with zero attached hydrogens (tertiary/aromatic N) is 6. The van der Waals surface area contributed by atoms with Crippen LogP contribution < -0.4 is 10.2 Å². The molecule has 0 radical (unpaired) electrons. The molecule has 7 nitrogen and oxygen atoms in total. The van der Waals surface area contributed by atoms with Gasteiger partial charge in [0.2, 0.25) is 5.95 Å². The van der Waals surface area contributed by atoms with Crippen LogP contribution in [0, 0.1) is 0 Å². The molecule has 1 N–H and O–H groups in total. The number of fused-ring (bicyclic) bond motifs is 1. The van der Waals surface area contributed by atoms with E-state index in [2.05, 4.69) is 74.0 Å². The second-order valence-corrected chi connectivity index (χ2v) is 8.15. The van der Waals surface area contributed by atoms with Crippen molar-refractivity contribution in [1.29, 1.82) is 0 Å². The first-order valence-corrected chi connectivity index (χ1v) is 10.2. The van der Waals surface area contributed by atoms with Crippen molar-refractivity contribution in [2.75, 3.05) is 38.1 Å². The van der Waals surface area contributed by atoms with Crippen LogP contribution in [-0.4, -0.2) is 58.1 Å². The zero-order valence-electron chi connectivity index (χ0n) is 17.6. The summed E-state index contributed by atoms with van der Waals surface area (Å²) in [5.74, 6) is 0.814. The summed E-state index contributed by atoms with van der Waals surface area (Å²) in [6, 6.07) is 6.72. The second kappa shape index (κ2) is 8.00. The Hall–Kier alpha value is -2.64. The summed E-state index contributed by atoms with van der Waals surface area (Å²) in [7, 11) is 1.95. The summed E-state index contributed by atoms with van der Waals surface area (Å²) in [4.78, 5) is 22.8. The number of benzene rings is 1. The van der Waals surface area contributed by atoms with Gasteiger partial charge in [0.1, 0.15) is 0 Å². The fourth-order valence-corrected chi connectivity index (χ4v) is 3.71. The molecule has 1 aliphatic heterocycles. The summed E-state index contributed by atoms with van der Waals surface area (Å²) in [5, 5.41) is 3.29. The highest BCUT2D eigenvalue weighted by Crippen LogP contribution is 2.25. The Morgan fingerprint density at radius 2 is 1.59 bits per heavy atom. The standard InChI is InChI=1S/C22H29N7/c1-16(17-5-6-19-20(13-17)25-8-7-24-19)28-9-11-29(12-10-28)21-26-14-18(15-27-21)22(2,3)23-4/h5-8,13-16,23H,9-12H2,1-4H3. The first kappa shape index (κ1) is 19.7. The maximum atomic E-state index is 4.62. The third-order valence-corrected chi connectivity index (χ3v) is 6.11. The van der Waals surface area contributed by atoms with E-state index in [4.69, 9.17) is 0 Å². The van der Waals surface area contributed by atoms with Gasteiger partial charge in [0, 0.05) is 68.1 Å². The number of hydrogen-bond acceptors (Lipinski definition) is 7. The molecule has 2 aromatic heterocycles. The van der Waals surface area contributed by atoms with Gasteiger partial charge in [-0.2, -0.15) is 0 Å². The molecule has 152 valence electrons. The molecule has 4 rings (SSSR count). The number of aromatic nitrogens is 4. The van der Waals surface area contributed by atoms with Crippen molar-refractivity contribution < 1.29 is 0 Å². The third kappa shape index (κ3) is 4.06. The van der Waals surface area contributed by atoms with Crippen LogP contribution in [0.2, 0.25) is 0 Å². The van der Waals surface area contributed by atoms with Crippen LogP contribution in [0.1, 0.15) is 37.9 Å². The Labute approximate surface area is 172 Å². The van der Waals surface area contributed by atoms with Crippen molar-refractivity contribution in [1.82, 2.24) is 30.2 Å². The Bertz CT molecular complexity index is 962. The van der Waals surface area contributed by atoms with E-state index < -0.39 is 0 Å². The van der Waals surface area contributed by atoms with Crippen molar-refractivity contribution in [2.45, 2.75) is 32.4 Å². The van der Waals surface area contributed by atoms with Crippen molar-refractivity contribution in [3.8, 4) is 0 Å². The molecule has 1 unspecified atom stereocenters. The van der Waals surface area contributed by atoms with Crippen molar-refractivity contribution in [2.24, 2.45) is 0 Å². The molecule has 1 aromatic carbocycles. The van der Waals surface area contributed by atoms with Gasteiger partial charge in [-0.3, -0.25) is 14.9 Å². The minimum absolute atomic E-state index is 0.128. The van der Waals surface area contributed by atoms with Crippen LogP contribution in [0.4, 0.5) is 5.95 Å². The van der Waals surface area contributed by atoms with E-state index in [-0.39, 0.29) is 5.54 Å². The molecule has 7 heteroatoms. The van der Waals surface area contributed by atoms with Gasteiger partial charge in [-0.25, -0.2) is 9.97 Å². The molecular formula is C22H29N7. The maximum Gasteiger partial charge on any atom is 0.225 e. The maximum absolute atomic E-state index is 4.62. The monoisotopic (exact) mass is 391 g/mol. The first-order chi connectivity index (χ1) is 14.0. The highest BCUT2D eigenvalue weighted by molar-refractivity contribution is 5.74. The van der Waals surface area contributed by atoms with Gasteiger partial charge in [0.15, 0.2) is 0 Å². The predicted octanol–water partition coefficient (Wildman–Crippen LogP) is 2.76. The molecular weight excluding hydrogens is 362 g/mol. The fraction of sp³-hybridized carbons (Fsp3) is 0.455. The normalized spacial score (nSPS) is 16.9. The summed E-state index contributed by atoms with van der Waals surface area (Å²) < 4.78 is 0. The van der Waals surface area contributed by atoms with E-state index in [0.717, 1.165) is 48.7 Å². The molecule has 0 amide bonds. The molecule has 3 heterocycles. The largest absolute Gasteiger partial charge is 0.338 e. The van der Waals surface area contributed by atoms with Gasteiger partial charge < -0.3 is 10.2 Å². The van der Waals surface area contributed by atoms with E-state index >= 15 is 0 Å². The molecule has 0 bridgehead atoms. The lowest BCUT2D eigenvalue weighted by molar-refractivity contribution is 0.198. The van der Waals surface area contributed by atoms with Gasteiger partial charge in [-0.15, -0.1) is 0 Å². The zero-order valence-corrected chi connectivity index (χ0v) is 17.6. The van der Waals surface area contributed by atoms with Gasteiger partial charge in [0.25, 0.3) is 0 Å². The number of hydrogen-bond donors (Lipinski definition) is 1. The summed E-state index contributed by atoms with van der Waals surface area (Å²) in [5.41, 5.74) is 4.14. The Morgan fingerprint density at radius 3 is 2.24 bits per heavy atom. The summed E-state index contributed by atoms with van der Waals surface area (Å²) in [6.07, 6.45) is 7.35. The Balaban J connectivity index is 1.40. The van der Waals surface area contributed by atoms with Crippen molar-refractivity contribution in [3.05, 3.63) is 54.1 Å². The topological polar surface area (TPSA) is 70.1 Å². The molecule has 1 saturated heterocycles. The van der Waals surface area contributed by atoms with E-state index in [9.17, 15) is 0 Å². The second-order valence-electron chi connectivity index (χ2n) is 8.15. The highest BCUT2D eigenvalue weighted by atomic mass is 15.3. The SMILES string of the molecule is CNC(C)(C)c1cnc(N2CCN(C(C)c3ccc4nccnc4c3)CC2)nc1. The lowest BCUT2D eigenvalue weighted by Crippen LogP contribution is -2.47. The molecule has 0 aliphatic carbocycles. The van der Waals surface area contributed by atoms with Crippen molar-refractivity contribution >= 4 is 17.0 Å². The molecule has 3 aromatic rings. The van der Waals surface area contributed by atoms with Crippen LogP contribution in [0.3, 0.4) is 0 Å². The average molecular weight is 392 g/mol. The predicted molar refractivity (Wildman–Crippen MR) is 116 cm³/mol. The van der Waals surface area contributed by atoms with E-state index in [1.165, 1.54) is 5.56 Å². The van der Waals surface area contributed by atoms with Gasteiger partial charge in [0.05, 0.1) is 11.0 Å². The molecule has 1 aliphatic rings. The Kier molecular flexibility index (Phi) is 5.43. The van der Waals surface area contributed by atoms with E-state index in [0.29, 0.717) is 6.04 Å². The quantitative estimate of drug-likeness (QED) is 0.717. The lowest BCUT2D eigenvalue weighted by Gasteiger charge is -2.38. The Morgan fingerprint density at radius 1 is 0.931 bits per heavy atom. The van der Waals surface area contributed by atoms with Crippen LogP contribution in [-0.2, 0) is 5.54 Å². The molecule has 0 spiro atoms. The van der Waals surface area contributed by atoms with Gasteiger partial charge in [-0.1, -0.05) is 6.07 Å². The average Bonchev–Trinajstić information content (AvgIpc) is 2.78. The molecule has 1 atom stereocenters. The number of rotatable bonds is 5. The summed E-state index contributed by atoms with van der Waals surface area (Å²) in [6.45, 7) is 10.3. The number of piperazine rings is 1. The van der Waals surface area contributed by atoms with Gasteiger partial charge >= 0.3 is 0 Å². The highest BCUT2D eigenvalue weighted by Gasteiger charge is 2.24. The van der Waals surface area contributed by atoms with Crippen LogP contribution in [0.15, 0.2) is 43.0 Å². The molecule has 29 heavy (non-hydrogen) atoms. The van der Waals surface area contributed by atoms with E-state index in [1.807, 2.05) is 19.4 Å². The fourth-order valence-electron chi connectivity index (χ4n) is 3.71. The molecule has 1 fully saturated rings. The molecule has 0 saturated carbocycles. The van der Waals surface area contributed by atoms with Crippen LogP contribution in [0.5, 0.6) is 0 Å². The van der Waals surface area contributed by atoms with Gasteiger partial charge in [-0.05, 0) is 45.5 Å². The number of nitrogens with one attached hydrogen (secondary N) is 1. The third-order valence-electron chi connectivity index (χ3n) is 6.11. The zero-order chi connectivity index (χ0) is 20.4. The smallest absolute Gasteiger partial charge is 0.225 e. The minimum atomic E-state index is -0.128. The summed E-state index contributed by atoms with van der Waals surface area (Å²) >= 11 is 0. The van der Waals surface area contributed by atoms with Crippen LogP contribution >= 0.6 is 0 Å². The first-order valence-electron chi connectivity index (χ1n) is 10.2.